The van der Waals surface area contributed by atoms with Gasteiger partial charge in [-0.1, -0.05) is 18.2 Å². The Morgan fingerprint density at radius 1 is 0.967 bits per heavy atom. The maximum absolute atomic E-state index is 13.0. The van der Waals surface area contributed by atoms with Crippen LogP contribution < -0.4 is 16.0 Å². The molecule has 0 radical (unpaired) electrons. The smallest absolute Gasteiger partial charge is 0.278 e. The molecule has 0 aliphatic carbocycles. The molecule has 3 aromatic rings. The minimum Gasteiger partial charge on any atom is -0.440 e. The third kappa shape index (κ3) is 4.58. The highest BCUT2D eigenvalue weighted by atomic mass is 16.4. The summed E-state index contributed by atoms with van der Waals surface area (Å²) in [5.41, 5.74) is 2.37. The molecule has 2 aromatic carbocycles. The van der Waals surface area contributed by atoms with Gasteiger partial charge in [-0.2, -0.15) is 0 Å². The molecular formula is C23H24N4O3. The first-order valence-electron chi connectivity index (χ1n) is 10.1. The van der Waals surface area contributed by atoms with Gasteiger partial charge in [0.05, 0.1) is 0 Å². The number of rotatable bonds is 5. The third-order valence-electron chi connectivity index (χ3n) is 5.05. The van der Waals surface area contributed by atoms with Crippen LogP contribution in [0.1, 0.15) is 42.1 Å². The predicted octanol–water partition coefficient (Wildman–Crippen LogP) is 4.02. The third-order valence-corrected chi connectivity index (χ3v) is 5.05. The average Bonchev–Trinajstić information content (AvgIpc) is 3.21. The summed E-state index contributed by atoms with van der Waals surface area (Å²) in [5.74, 6) is 0.758. The molecule has 3 N–H and O–H groups in total. The van der Waals surface area contributed by atoms with Crippen LogP contribution in [-0.2, 0) is 4.79 Å². The molecule has 4 rings (SSSR count). The number of carbonyl (C=O) groups is 2. The van der Waals surface area contributed by atoms with E-state index < -0.39 is 0 Å². The number of amides is 2. The molecule has 0 atom stereocenters. The number of oxazole rings is 1. The van der Waals surface area contributed by atoms with Crippen molar-refractivity contribution in [1.29, 1.82) is 0 Å². The van der Waals surface area contributed by atoms with Gasteiger partial charge in [0.15, 0.2) is 17.3 Å². The zero-order chi connectivity index (χ0) is 20.9. The summed E-state index contributed by atoms with van der Waals surface area (Å²) < 4.78 is 6.13. The summed E-state index contributed by atoms with van der Waals surface area (Å²) in [6.07, 6.45) is 1.84. The minimum atomic E-state index is -0.314. The second-order valence-electron chi connectivity index (χ2n) is 7.33. The first-order valence-corrected chi connectivity index (χ1v) is 10.1. The monoisotopic (exact) mass is 404 g/mol. The highest BCUT2D eigenvalue weighted by Gasteiger charge is 2.27. The average molecular weight is 404 g/mol. The van der Waals surface area contributed by atoms with Crippen LogP contribution in [0.4, 0.5) is 11.4 Å². The molecule has 2 amide bonds. The lowest BCUT2D eigenvalue weighted by molar-refractivity contribution is -0.114. The van der Waals surface area contributed by atoms with Gasteiger partial charge in [0.25, 0.3) is 5.91 Å². The standard InChI is InChI=1S/C23H24N4O3/c1-15(28)25-19-9-7-16(8-10-19)21-20(22(29)26-18-5-3-2-4-6-18)27-23(30-21)17-11-13-24-14-12-17/h2-10,17,24H,11-14H2,1H3,(H,25,28)(H,26,29). The van der Waals surface area contributed by atoms with Gasteiger partial charge in [-0.25, -0.2) is 4.98 Å². The van der Waals surface area contributed by atoms with E-state index in [1.165, 1.54) is 6.92 Å². The Morgan fingerprint density at radius 2 is 1.63 bits per heavy atom. The fourth-order valence-electron chi connectivity index (χ4n) is 3.55. The van der Waals surface area contributed by atoms with E-state index in [4.69, 9.17) is 4.42 Å². The maximum Gasteiger partial charge on any atom is 0.278 e. The van der Waals surface area contributed by atoms with Crippen molar-refractivity contribution in [3.05, 3.63) is 66.2 Å². The second kappa shape index (κ2) is 8.92. The molecule has 7 heteroatoms. The van der Waals surface area contributed by atoms with Crippen molar-refractivity contribution >= 4 is 23.2 Å². The zero-order valence-corrected chi connectivity index (χ0v) is 16.8. The van der Waals surface area contributed by atoms with E-state index in [2.05, 4.69) is 20.9 Å². The minimum absolute atomic E-state index is 0.140. The number of nitrogens with zero attached hydrogens (tertiary/aromatic N) is 1. The van der Waals surface area contributed by atoms with Crippen LogP contribution in [0.15, 0.2) is 59.0 Å². The van der Waals surface area contributed by atoms with Crippen molar-refractivity contribution < 1.29 is 14.0 Å². The molecule has 154 valence electrons. The summed E-state index contributed by atoms with van der Waals surface area (Å²) in [7, 11) is 0. The number of nitrogens with one attached hydrogen (secondary N) is 3. The van der Waals surface area contributed by atoms with E-state index in [0.29, 0.717) is 23.0 Å². The number of anilines is 2. The van der Waals surface area contributed by atoms with Crippen LogP contribution in [0.3, 0.4) is 0 Å². The number of hydrogen-bond donors (Lipinski definition) is 3. The molecule has 30 heavy (non-hydrogen) atoms. The van der Waals surface area contributed by atoms with Crippen molar-refractivity contribution in [1.82, 2.24) is 10.3 Å². The van der Waals surface area contributed by atoms with Crippen molar-refractivity contribution in [3.8, 4) is 11.3 Å². The molecule has 0 unspecified atom stereocenters. The van der Waals surface area contributed by atoms with Gasteiger partial charge < -0.3 is 20.4 Å². The van der Waals surface area contributed by atoms with Crippen LogP contribution in [0.2, 0.25) is 0 Å². The molecule has 1 saturated heterocycles. The van der Waals surface area contributed by atoms with Crippen molar-refractivity contribution in [2.24, 2.45) is 0 Å². The Balaban J connectivity index is 1.67. The molecule has 0 spiro atoms. The van der Waals surface area contributed by atoms with Crippen LogP contribution in [0, 0.1) is 0 Å². The molecule has 1 aromatic heterocycles. The van der Waals surface area contributed by atoms with E-state index in [-0.39, 0.29) is 23.4 Å². The Hall–Kier alpha value is -3.45. The predicted molar refractivity (Wildman–Crippen MR) is 115 cm³/mol. The van der Waals surface area contributed by atoms with Gasteiger partial charge in [0.2, 0.25) is 5.91 Å². The first kappa shape index (κ1) is 19.8. The number of aromatic nitrogens is 1. The van der Waals surface area contributed by atoms with Crippen LogP contribution in [0.5, 0.6) is 0 Å². The van der Waals surface area contributed by atoms with Gasteiger partial charge in [-0.15, -0.1) is 0 Å². The molecule has 1 aliphatic rings. The molecule has 0 bridgehead atoms. The lowest BCUT2D eigenvalue weighted by Crippen LogP contribution is -2.26. The number of carbonyl (C=O) groups excluding carboxylic acids is 2. The van der Waals surface area contributed by atoms with E-state index in [9.17, 15) is 9.59 Å². The van der Waals surface area contributed by atoms with Crippen molar-refractivity contribution in [3.63, 3.8) is 0 Å². The Bertz CT molecular complexity index is 1020. The van der Waals surface area contributed by atoms with E-state index in [1.54, 1.807) is 12.1 Å². The quantitative estimate of drug-likeness (QED) is 0.597. The Labute approximate surface area is 174 Å². The molecular weight excluding hydrogens is 380 g/mol. The van der Waals surface area contributed by atoms with E-state index in [1.807, 2.05) is 42.5 Å². The van der Waals surface area contributed by atoms with Crippen LogP contribution in [0.25, 0.3) is 11.3 Å². The van der Waals surface area contributed by atoms with Gasteiger partial charge in [0.1, 0.15) is 0 Å². The zero-order valence-electron chi connectivity index (χ0n) is 16.8. The van der Waals surface area contributed by atoms with Crippen molar-refractivity contribution in [2.45, 2.75) is 25.7 Å². The van der Waals surface area contributed by atoms with Crippen molar-refractivity contribution in [2.75, 3.05) is 23.7 Å². The molecule has 0 saturated carbocycles. The highest BCUT2D eigenvalue weighted by molar-refractivity contribution is 6.06. The highest BCUT2D eigenvalue weighted by Crippen LogP contribution is 2.32. The lowest BCUT2D eigenvalue weighted by Gasteiger charge is -2.19. The van der Waals surface area contributed by atoms with E-state index in [0.717, 1.165) is 31.5 Å². The van der Waals surface area contributed by atoms with Gasteiger partial charge >= 0.3 is 0 Å². The van der Waals surface area contributed by atoms with Gasteiger partial charge in [0, 0.05) is 29.8 Å². The number of hydrogen-bond acceptors (Lipinski definition) is 5. The summed E-state index contributed by atoms with van der Waals surface area (Å²) in [6, 6.07) is 16.5. The Kier molecular flexibility index (Phi) is 5.90. The topological polar surface area (TPSA) is 96.3 Å². The van der Waals surface area contributed by atoms with Gasteiger partial charge in [-0.05, 0) is 62.3 Å². The molecule has 1 aliphatic heterocycles. The van der Waals surface area contributed by atoms with Gasteiger partial charge in [-0.3, -0.25) is 9.59 Å². The van der Waals surface area contributed by atoms with Crippen LogP contribution >= 0.6 is 0 Å². The molecule has 2 heterocycles. The summed E-state index contributed by atoms with van der Waals surface area (Å²) in [5, 5.41) is 8.96. The maximum atomic E-state index is 13.0. The fourth-order valence-corrected chi connectivity index (χ4v) is 3.55. The number of para-hydroxylation sites is 1. The summed E-state index contributed by atoms with van der Waals surface area (Å²) in [6.45, 7) is 3.26. The fraction of sp³-hybridized carbons (Fsp3) is 0.261. The molecule has 7 nitrogen and oxygen atoms in total. The van der Waals surface area contributed by atoms with E-state index >= 15 is 0 Å². The summed E-state index contributed by atoms with van der Waals surface area (Å²) >= 11 is 0. The lowest BCUT2D eigenvalue weighted by atomic mass is 9.98. The summed E-state index contributed by atoms with van der Waals surface area (Å²) in [4.78, 5) is 28.9. The molecule has 1 fully saturated rings. The number of piperidine rings is 1. The normalized spacial score (nSPS) is 14.3. The number of benzene rings is 2. The Morgan fingerprint density at radius 3 is 2.30 bits per heavy atom. The second-order valence-corrected chi connectivity index (χ2v) is 7.33. The van der Waals surface area contributed by atoms with Crippen LogP contribution in [-0.4, -0.2) is 29.9 Å². The first-order chi connectivity index (χ1) is 14.6. The SMILES string of the molecule is CC(=O)Nc1ccc(-c2oc(C3CCNCC3)nc2C(=O)Nc2ccccc2)cc1. The largest absolute Gasteiger partial charge is 0.440 e.